The van der Waals surface area contributed by atoms with Crippen molar-refractivity contribution >= 4 is 0 Å². The van der Waals surface area contributed by atoms with E-state index in [0.717, 1.165) is 17.5 Å². The van der Waals surface area contributed by atoms with Crippen molar-refractivity contribution in [2.24, 2.45) is 0 Å². The monoisotopic (exact) mass is 273 g/mol. The number of aliphatic hydroxyl groups is 1. The first-order valence-corrected chi connectivity index (χ1v) is 6.58. The lowest BCUT2D eigenvalue weighted by Gasteiger charge is -2.13. The Bertz CT molecular complexity index is 541. The molecule has 0 spiro atoms. The fraction of sp³-hybridized carbons (Fsp3) is 0.312. The van der Waals surface area contributed by atoms with Gasteiger partial charge in [0.15, 0.2) is 11.5 Å². The van der Waals surface area contributed by atoms with E-state index >= 15 is 0 Å². The van der Waals surface area contributed by atoms with Gasteiger partial charge in [0.25, 0.3) is 0 Å². The maximum atomic E-state index is 9.56. The van der Waals surface area contributed by atoms with Gasteiger partial charge in [0, 0.05) is 18.8 Å². The SMILES string of the molecule is COc1cc(C(C)O)ccc1OCCc1cccnc1. The number of hydrogen-bond acceptors (Lipinski definition) is 4. The molecule has 1 atom stereocenters. The first-order valence-electron chi connectivity index (χ1n) is 6.58. The highest BCUT2D eigenvalue weighted by Crippen LogP contribution is 2.30. The summed E-state index contributed by atoms with van der Waals surface area (Å²) in [4.78, 5) is 4.07. The van der Waals surface area contributed by atoms with Gasteiger partial charge < -0.3 is 14.6 Å². The van der Waals surface area contributed by atoms with E-state index in [9.17, 15) is 5.11 Å². The third-order valence-corrected chi connectivity index (χ3v) is 3.04. The topological polar surface area (TPSA) is 51.6 Å². The smallest absolute Gasteiger partial charge is 0.161 e. The summed E-state index contributed by atoms with van der Waals surface area (Å²) in [6, 6.07) is 9.39. The molecule has 20 heavy (non-hydrogen) atoms. The molecule has 0 fully saturated rings. The number of benzene rings is 1. The largest absolute Gasteiger partial charge is 0.493 e. The number of nitrogens with zero attached hydrogens (tertiary/aromatic N) is 1. The van der Waals surface area contributed by atoms with Crippen LogP contribution in [0.3, 0.4) is 0 Å². The second kappa shape index (κ2) is 6.91. The van der Waals surface area contributed by atoms with Crippen molar-refractivity contribution in [2.75, 3.05) is 13.7 Å². The number of rotatable bonds is 6. The Morgan fingerprint density at radius 1 is 1.25 bits per heavy atom. The second-order valence-corrected chi connectivity index (χ2v) is 4.55. The van der Waals surface area contributed by atoms with E-state index < -0.39 is 6.10 Å². The molecule has 0 aliphatic carbocycles. The number of ether oxygens (including phenoxy) is 2. The number of hydrogen-bond donors (Lipinski definition) is 1. The van der Waals surface area contributed by atoms with Crippen LogP contribution in [0.4, 0.5) is 0 Å². The Kier molecular flexibility index (Phi) is 4.96. The molecule has 106 valence electrons. The minimum atomic E-state index is -0.520. The van der Waals surface area contributed by atoms with Crippen LogP contribution in [0, 0.1) is 0 Å². The van der Waals surface area contributed by atoms with Crippen LogP contribution >= 0.6 is 0 Å². The van der Waals surface area contributed by atoms with E-state index in [4.69, 9.17) is 9.47 Å². The number of aromatic nitrogens is 1. The van der Waals surface area contributed by atoms with Crippen LogP contribution in [0.1, 0.15) is 24.2 Å². The van der Waals surface area contributed by atoms with Gasteiger partial charge in [0.1, 0.15) is 0 Å². The summed E-state index contributed by atoms with van der Waals surface area (Å²) in [5.74, 6) is 1.32. The zero-order valence-corrected chi connectivity index (χ0v) is 11.7. The van der Waals surface area contributed by atoms with Crippen LogP contribution in [0.5, 0.6) is 11.5 Å². The average molecular weight is 273 g/mol. The van der Waals surface area contributed by atoms with Gasteiger partial charge in [-0.25, -0.2) is 0 Å². The fourth-order valence-corrected chi connectivity index (χ4v) is 1.89. The molecular formula is C16H19NO3. The minimum absolute atomic E-state index is 0.520. The maximum absolute atomic E-state index is 9.56. The molecule has 0 aliphatic rings. The summed E-state index contributed by atoms with van der Waals surface area (Å²) >= 11 is 0. The molecule has 1 aromatic heterocycles. The van der Waals surface area contributed by atoms with E-state index in [0.29, 0.717) is 18.1 Å². The highest BCUT2D eigenvalue weighted by Gasteiger charge is 2.08. The van der Waals surface area contributed by atoms with E-state index in [1.807, 2.05) is 30.5 Å². The molecule has 1 aromatic carbocycles. The molecule has 0 amide bonds. The van der Waals surface area contributed by atoms with Crippen LogP contribution in [-0.2, 0) is 6.42 Å². The van der Waals surface area contributed by atoms with Gasteiger partial charge >= 0.3 is 0 Å². The van der Waals surface area contributed by atoms with Gasteiger partial charge in [0.05, 0.1) is 19.8 Å². The third kappa shape index (κ3) is 3.71. The van der Waals surface area contributed by atoms with Crippen LogP contribution < -0.4 is 9.47 Å². The van der Waals surface area contributed by atoms with E-state index in [-0.39, 0.29) is 0 Å². The lowest BCUT2D eigenvalue weighted by atomic mass is 10.1. The molecule has 0 bridgehead atoms. The summed E-state index contributed by atoms with van der Waals surface area (Å²) in [6.45, 7) is 2.27. The summed E-state index contributed by atoms with van der Waals surface area (Å²) in [5, 5.41) is 9.56. The van der Waals surface area contributed by atoms with Crippen LogP contribution in [0.15, 0.2) is 42.7 Å². The Morgan fingerprint density at radius 3 is 2.75 bits per heavy atom. The minimum Gasteiger partial charge on any atom is -0.493 e. The van der Waals surface area contributed by atoms with Gasteiger partial charge in [0.2, 0.25) is 0 Å². The summed E-state index contributed by atoms with van der Waals surface area (Å²) < 4.78 is 11.0. The van der Waals surface area contributed by atoms with E-state index in [2.05, 4.69) is 4.98 Å². The van der Waals surface area contributed by atoms with E-state index in [1.54, 1.807) is 26.3 Å². The predicted molar refractivity (Wildman–Crippen MR) is 77.1 cm³/mol. The first-order chi connectivity index (χ1) is 9.70. The molecule has 0 saturated carbocycles. The summed E-state index contributed by atoms with van der Waals surface area (Å²) in [6.07, 6.45) is 3.85. The van der Waals surface area contributed by atoms with Gasteiger partial charge in [-0.15, -0.1) is 0 Å². The molecule has 0 aliphatic heterocycles. The molecule has 1 unspecified atom stereocenters. The zero-order chi connectivity index (χ0) is 14.4. The van der Waals surface area contributed by atoms with Crippen molar-refractivity contribution in [1.29, 1.82) is 0 Å². The lowest BCUT2D eigenvalue weighted by molar-refractivity contribution is 0.198. The normalized spacial score (nSPS) is 11.9. The quantitative estimate of drug-likeness (QED) is 0.879. The Hall–Kier alpha value is -2.07. The van der Waals surface area contributed by atoms with Gasteiger partial charge in [-0.1, -0.05) is 12.1 Å². The predicted octanol–water partition coefficient (Wildman–Crippen LogP) is 2.77. The maximum Gasteiger partial charge on any atom is 0.161 e. The number of pyridine rings is 1. The first kappa shape index (κ1) is 14.3. The molecule has 0 radical (unpaired) electrons. The Labute approximate surface area is 119 Å². The van der Waals surface area contributed by atoms with Gasteiger partial charge in [-0.05, 0) is 36.2 Å². The van der Waals surface area contributed by atoms with Crippen molar-refractivity contribution in [1.82, 2.24) is 4.98 Å². The van der Waals surface area contributed by atoms with Crippen molar-refractivity contribution in [2.45, 2.75) is 19.4 Å². The van der Waals surface area contributed by atoms with Crippen molar-refractivity contribution in [3.63, 3.8) is 0 Å². The van der Waals surface area contributed by atoms with Crippen LogP contribution in [-0.4, -0.2) is 23.8 Å². The Balaban J connectivity index is 1.99. The zero-order valence-electron chi connectivity index (χ0n) is 11.7. The summed E-state index contributed by atoms with van der Waals surface area (Å²) in [5.41, 5.74) is 1.94. The molecule has 4 heteroatoms. The molecule has 1 heterocycles. The van der Waals surface area contributed by atoms with Crippen molar-refractivity contribution in [3.8, 4) is 11.5 Å². The van der Waals surface area contributed by atoms with Crippen LogP contribution in [0.25, 0.3) is 0 Å². The number of methoxy groups -OCH3 is 1. The second-order valence-electron chi connectivity index (χ2n) is 4.55. The molecule has 1 N–H and O–H groups in total. The molecular weight excluding hydrogens is 254 g/mol. The van der Waals surface area contributed by atoms with Crippen LogP contribution in [0.2, 0.25) is 0 Å². The van der Waals surface area contributed by atoms with E-state index in [1.165, 1.54) is 0 Å². The van der Waals surface area contributed by atoms with Gasteiger partial charge in [-0.2, -0.15) is 0 Å². The fourth-order valence-electron chi connectivity index (χ4n) is 1.89. The van der Waals surface area contributed by atoms with Crippen molar-refractivity contribution < 1.29 is 14.6 Å². The lowest BCUT2D eigenvalue weighted by Crippen LogP contribution is -2.03. The third-order valence-electron chi connectivity index (χ3n) is 3.04. The average Bonchev–Trinajstić information content (AvgIpc) is 2.48. The molecule has 2 aromatic rings. The standard InChI is InChI=1S/C16H19NO3/c1-12(18)14-5-6-15(16(10-14)19-2)20-9-7-13-4-3-8-17-11-13/h3-6,8,10-12,18H,7,9H2,1-2H3. The summed E-state index contributed by atoms with van der Waals surface area (Å²) in [7, 11) is 1.59. The highest BCUT2D eigenvalue weighted by molar-refractivity contribution is 5.43. The molecule has 2 rings (SSSR count). The van der Waals surface area contributed by atoms with Crippen molar-refractivity contribution in [3.05, 3.63) is 53.9 Å². The highest BCUT2D eigenvalue weighted by atomic mass is 16.5. The number of aliphatic hydroxyl groups excluding tert-OH is 1. The molecule has 4 nitrogen and oxygen atoms in total. The Morgan fingerprint density at radius 2 is 2.10 bits per heavy atom. The molecule has 0 saturated heterocycles. The van der Waals surface area contributed by atoms with Gasteiger partial charge in [-0.3, -0.25) is 4.98 Å².